The van der Waals surface area contributed by atoms with Crippen molar-refractivity contribution in [2.75, 3.05) is 6.54 Å². The number of nitrogens with zero attached hydrogens (tertiary/aromatic N) is 1. The third-order valence-electron chi connectivity index (χ3n) is 2.08. The van der Waals surface area contributed by atoms with E-state index in [1.54, 1.807) is 5.38 Å². The van der Waals surface area contributed by atoms with Crippen LogP contribution in [0.2, 0.25) is 0 Å². The summed E-state index contributed by atoms with van der Waals surface area (Å²) in [5.41, 5.74) is 0.322. The third kappa shape index (κ3) is 2.53. The Morgan fingerprint density at radius 1 is 1.60 bits per heavy atom. The van der Waals surface area contributed by atoms with E-state index in [0.29, 0.717) is 11.6 Å². The highest BCUT2D eigenvalue weighted by atomic mass is 32.1. The van der Waals surface area contributed by atoms with E-state index in [0.717, 1.165) is 17.8 Å². The molecule has 15 heavy (non-hydrogen) atoms. The molecule has 0 aromatic carbocycles. The average Bonchev–Trinajstić information content (AvgIpc) is 2.93. The van der Waals surface area contributed by atoms with Crippen LogP contribution in [-0.2, 0) is 4.79 Å². The molecule has 6 heteroatoms. The van der Waals surface area contributed by atoms with Crippen molar-refractivity contribution in [2.24, 2.45) is 0 Å². The van der Waals surface area contributed by atoms with Gasteiger partial charge in [-0.1, -0.05) is 0 Å². The molecule has 1 fully saturated rings. The van der Waals surface area contributed by atoms with Gasteiger partial charge in [0.25, 0.3) is 5.91 Å². The molecule has 0 atom stereocenters. The minimum absolute atomic E-state index is 0.322. The standard InChI is InChI=1S/C9H10N2O3S/c12-7(13)3-10-8(14)6-4-15-9(11-6)5-1-2-5/h4-5H,1-3H2,(H,10,14)(H,12,13). The first-order valence-corrected chi connectivity index (χ1v) is 5.50. The first-order chi connectivity index (χ1) is 7.16. The molecule has 1 amide bonds. The van der Waals surface area contributed by atoms with Gasteiger partial charge in [0.1, 0.15) is 12.2 Å². The molecule has 0 spiro atoms. The summed E-state index contributed by atoms with van der Waals surface area (Å²) in [7, 11) is 0. The maximum absolute atomic E-state index is 11.4. The van der Waals surface area contributed by atoms with Gasteiger partial charge in [-0.2, -0.15) is 0 Å². The van der Waals surface area contributed by atoms with Crippen molar-refractivity contribution in [2.45, 2.75) is 18.8 Å². The zero-order valence-electron chi connectivity index (χ0n) is 7.90. The highest BCUT2D eigenvalue weighted by Gasteiger charge is 2.27. The summed E-state index contributed by atoms with van der Waals surface area (Å²) in [5, 5.41) is 13.3. The van der Waals surface area contributed by atoms with Crippen molar-refractivity contribution in [3.05, 3.63) is 16.1 Å². The minimum Gasteiger partial charge on any atom is -0.480 e. The lowest BCUT2D eigenvalue weighted by atomic mass is 10.4. The smallest absolute Gasteiger partial charge is 0.322 e. The fourth-order valence-corrected chi connectivity index (χ4v) is 2.13. The second-order valence-electron chi connectivity index (χ2n) is 3.42. The number of aliphatic carboxylic acids is 1. The summed E-state index contributed by atoms with van der Waals surface area (Å²) in [6.07, 6.45) is 2.29. The third-order valence-corrected chi connectivity index (χ3v) is 3.09. The van der Waals surface area contributed by atoms with Crippen molar-refractivity contribution in [1.29, 1.82) is 0 Å². The summed E-state index contributed by atoms with van der Waals surface area (Å²) in [5.74, 6) is -0.947. The lowest BCUT2D eigenvalue weighted by Crippen LogP contribution is -2.29. The molecule has 0 saturated heterocycles. The summed E-state index contributed by atoms with van der Waals surface area (Å²) in [4.78, 5) is 25.8. The predicted molar refractivity (Wildman–Crippen MR) is 54.1 cm³/mol. The molecule has 1 aliphatic carbocycles. The second-order valence-corrected chi connectivity index (χ2v) is 4.31. The van der Waals surface area contributed by atoms with E-state index in [1.165, 1.54) is 11.3 Å². The number of thiazole rings is 1. The van der Waals surface area contributed by atoms with Gasteiger partial charge in [-0.25, -0.2) is 4.98 Å². The maximum Gasteiger partial charge on any atom is 0.322 e. The Hall–Kier alpha value is -1.43. The predicted octanol–water partition coefficient (Wildman–Crippen LogP) is 0.835. The number of carboxylic acids is 1. The Morgan fingerprint density at radius 2 is 2.33 bits per heavy atom. The molecule has 1 heterocycles. The minimum atomic E-state index is -1.05. The van der Waals surface area contributed by atoms with Gasteiger partial charge >= 0.3 is 5.97 Å². The quantitative estimate of drug-likeness (QED) is 0.797. The van der Waals surface area contributed by atoms with Crippen LogP contribution in [0, 0.1) is 0 Å². The molecule has 2 rings (SSSR count). The molecule has 0 radical (unpaired) electrons. The summed E-state index contributed by atoms with van der Waals surface area (Å²) in [6, 6.07) is 0. The Balaban J connectivity index is 1.95. The fraction of sp³-hybridized carbons (Fsp3) is 0.444. The van der Waals surface area contributed by atoms with Crippen LogP contribution >= 0.6 is 11.3 Å². The van der Waals surface area contributed by atoms with Gasteiger partial charge in [0.2, 0.25) is 0 Å². The normalized spacial score (nSPS) is 14.9. The zero-order valence-corrected chi connectivity index (χ0v) is 8.71. The van der Waals surface area contributed by atoms with E-state index < -0.39 is 11.9 Å². The Morgan fingerprint density at radius 3 is 2.93 bits per heavy atom. The summed E-state index contributed by atoms with van der Waals surface area (Å²) in [6.45, 7) is -0.366. The molecule has 1 aliphatic rings. The molecule has 1 aromatic heterocycles. The van der Waals surface area contributed by atoms with Gasteiger partial charge in [0, 0.05) is 11.3 Å². The molecule has 2 N–H and O–H groups in total. The van der Waals surface area contributed by atoms with Gasteiger partial charge < -0.3 is 10.4 Å². The second kappa shape index (κ2) is 3.98. The number of amides is 1. The highest BCUT2D eigenvalue weighted by Crippen LogP contribution is 2.41. The number of aromatic nitrogens is 1. The van der Waals surface area contributed by atoms with E-state index >= 15 is 0 Å². The number of carboxylic acid groups (broad SMARTS) is 1. The van der Waals surface area contributed by atoms with Crippen LogP contribution in [0.1, 0.15) is 34.3 Å². The monoisotopic (exact) mass is 226 g/mol. The fourth-order valence-electron chi connectivity index (χ4n) is 1.16. The van der Waals surface area contributed by atoms with E-state index in [9.17, 15) is 9.59 Å². The summed E-state index contributed by atoms with van der Waals surface area (Å²) < 4.78 is 0. The van der Waals surface area contributed by atoms with E-state index in [-0.39, 0.29) is 6.54 Å². The van der Waals surface area contributed by atoms with Crippen LogP contribution < -0.4 is 5.32 Å². The SMILES string of the molecule is O=C(O)CNC(=O)c1csc(C2CC2)n1. The van der Waals surface area contributed by atoms with E-state index in [2.05, 4.69) is 10.3 Å². The number of rotatable bonds is 4. The van der Waals surface area contributed by atoms with Gasteiger partial charge in [-0.3, -0.25) is 9.59 Å². The van der Waals surface area contributed by atoms with Crippen LogP contribution in [0.3, 0.4) is 0 Å². The van der Waals surface area contributed by atoms with Crippen LogP contribution in [0.15, 0.2) is 5.38 Å². The molecule has 0 bridgehead atoms. The van der Waals surface area contributed by atoms with Crippen molar-refractivity contribution in [1.82, 2.24) is 10.3 Å². The Bertz CT molecular complexity index is 398. The first-order valence-electron chi connectivity index (χ1n) is 4.62. The molecule has 1 saturated carbocycles. The molecule has 80 valence electrons. The molecule has 0 aliphatic heterocycles. The first kappa shape index (κ1) is 10.1. The van der Waals surface area contributed by atoms with Gasteiger partial charge in [-0.15, -0.1) is 11.3 Å². The van der Waals surface area contributed by atoms with Crippen molar-refractivity contribution in [3.8, 4) is 0 Å². The molecule has 1 aromatic rings. The highest BCUT2D eigenvalue weighted by molar-refractivity contribution is 7.10. The average molecular weight is 226 g/mol. The van der Waals surface area contributed by atoms with Crippen LogP contribution in [0.4, 0.5) is 0 Å². The largest absolute Gasteiger partial charge is 0.480 e. The number of carbonyl (C=O) groups excluding carboxylic acids is 1. The number of carbonyl (C=O) groups is 2. The van der Waals surface area contributed by atoms with Gasteiger partial charge in [0.05, 0.1) is 5.01 Å². The van der Waals surface area contributed by atoms with Crippen LogP contribution in [0.25, 0.3) is 0 Å². The molecular formula is C9H10N2O3S. The Labute approximate surface area is 90.1 Å². The van der Waals surface area contributed by atoms with E-state index in [1.807, 2.05) is 0 Å². The van der Waals surface area contributed by atoms with Crippen molar-refractivity contribution in [3.63, 3.8) is 0 Å². The maximum atomic E-state index is 11.4. The molecular weight excluding hydrogens is 216 g/mol. The van der Waals surface area contributed by atoms with Crippen LogP contribution in [-0.4, -0.2) is 28.5 Å². The van der Waals surface area contributed by atoms with Gasteiger partial charge in [0.15, 0.2) is 0 Å². The topological polar surface area (TPSA) is 79.3 Å². The lowest BCUT2D eigenvalue weighted by Gasteiger charge is -1.97. The number of nitrogens with one attached hydrogen (secondary N) is 1. The number of hydrogen-bond acceptors (Lipinski definition) is 4. The molecule has 0 unspecified atom stereocenters. The van der Waals surface area contributed by atoms with Crippen molar-refractivity contribution >= 4 is 23.2 Å². The van der Waals surface area contributed by atoms with E-state index in [4.69, 9.17) is 5.11 Å². The summed E-state index contributed by atoms with van der Waals surface area (Å²) >= 11 is 1.46. The van der Waals surface area contributed by atoms with Crippen molar-refractivity contribution < 1.29 is 14.7 Å². The number of hydrogen-bond donors (Lipinski definition) is 2. The molecule has 5 nitrogen and oxygen atoms in total. The zero-order chi connectivity index (χ0) is 10.8. The van der Waals surface area contributed by atoms with Gasteiger partial charge in [-0.05, 0) is 12.8 Å². The Kier molecular flexibility index (Phi) is 2.68. The van der Waals surface area contributed by atoms with Crippen LogP contribution in [0.5, 0.6) is 0 Å². The lowest BCUT2D eigenvalue weighted by molar-refractivity contribution is -0.135.